The van der Waals surface area contributed by atoms with E-state index >= 15 is 0 Å². The summed E-state index contributed by atoms with van der Waals surface area (Å²) in [5, 5.41) is 16.7. The van der Waals surface area contributed by atoms with Gasteiger partial charge in [-0.2, -0.15) is 0 Å². The molecule has 2 aromatic heterocycles. The average Bonchev–Trinajstić information content (AvgIpc) is 3.33. The molecule has 11 heteroatoms. The van der Waals surface area contributed by atoms with Crippen molar-refractivity contribution in [1.29, 1.82) is 0 Å². The molecule has 1 aliphatic heterocycles. The monoisotopic (exact) mass is 648 g/mol. The Morgan fingerprint density at radius 3 is 2.59 bits per heavy atom. The van der Waals surface area contributed by atoms with E-state index in [-0.39, 0.29) is 23.7 Å². The molecular weight excluding hydrogens is 604 g/mol. The average molecular weight is 649 g/mol. The quantitative estimate of drug-likeness (QED) is 0.335. The maximum Gasteiger partial charge on any atom is 0.329 e. The minimum atomic E-state index is -1.24. The molecule has 3 aliphatic rings. The molecule has 5 atom stereocenters. The number of aryl methyl sites for hydroxylation is 1. The van der Waals surface area contributed by atoms with Gasteiger partial charge in [-0.1, -0.05) is 33.1 Å². The summed E-state index contributed by atoms with van der Waals surface area (Å²) >= 11 is 1.53. The van der Waals surface area contributed by atoms with E-state index in [1.54, 1.807) is 19.1 Å². The molecule has 1 aromatic carbocycles. The first kappa shape index (κ1) is 32.2. The highest BCUT2D eigenvalue weighted by Crippen LogP contribution is 2.48. The highest BCUT2D eigenvalue weighted by Gasteiger charge is 2.62. The Kier molecular flexibility index (Phi) is 8.98. The molecule has 46 heavy (non-hydrogen) atoms. The van der Waals surface area contributed by atoms with E-state index in [0.717, 1.165) is 59.3 Å². The van der Waals surface area contributed by atoms with Gasteiger partial charge >= 0.3 is 5.97 Å². The van der Waals surface area contributed by atoms with Gasteiger partial charge in [0.05, 0.1) is 30.2 Å². The molecule has 6 rings (SSSR count). The Morgan fingerprint density at radius 1 is 1.11 bits per heavy atom. The van der Waals surface area contributed by atoms with Gasteiger partial charge < -0.3 is 24.8 Å². The summed E-state index contributed by atoms with van der Waals surface area (Å²) in [6.07, 6.45) is 5.20. The zero-order valence-electron chi connectivity index (χ0n) is 27.3. The van der Waals surface area contributed by atoms with Gasteiger partial charge in [0.25, 0.3) is 0 Å². The number of aromatic nitrogens is 2. The highest BCUT2D eigenvalue weighted by atomic mass is 32.1. The van der Waals surface area contributed by atoms with Gasteiger partial charge in [0, 0.05) is 36.0 Å². The van der Waals surface area contributed by atoms with Crippen LogP contribution >= 0.6 is 11.3 Å². The Morgan fingerprint density at radius 2 is 1.87 bits per heavy atom. The third-order valence-corrected chi connectivity index (χ3v) is 11.1. The number of aliphatic carboxylic acids is 1. The van der Waals surface area contributed by atoms with Crippen LogP contribution in [0.15, 0.2) is 23.6 Å². The van der Waals surface area contributed by atoms with Crippen molar-refractivity contribution in [3.05, 3.63) is 34.8 Å². The van der Waals surface area contributed by atoms with Crippen molar-refractivity contribution >= 4 is 40.0 Å². The second-order valence-electron chi connectivity index (χ2n) is 13.6. The van der Waals surface area contributed by atoms with E-state index in [4.69, 9.17) is 19.4 Å². The van der Waals surface area contributed by atoms with Gasteiger partial charge in [0.2, 0.25) is 11.8 Å². The molecule has 3 heterocycles. The summed E-state index contributed by atoms with van der Waals surface area (Å²) in [5.41, 5.74) is 2.05. The molecule has 2 aliphatic carbocycles. The number of benzene rings is 1. The molecule has 0 spiro atoms. The summed E-state index contributed by atoms with van der Waals surface area (Å²) in [6, 6.07) is 5.72. The number of carboxylic acids is 1. The van der Waals surface area contributed by atoms with Gasteiger partial charge in [-0.25, -0.2) is 14.8 Å². The van der Waals surface area contributed by atoms with Crippen LogP contribution in [-0.2, 0) is 14.4 Å². The van der Waals surface area contributed by atoms with E-state index in [1.807, 2.05) is 30.5 Å². The summed E-state index contributed by atoms with van der Waals surface area (Å²) in [7, 11) is 3.43. The predicted molar refractivity (Wildman–Crippen MR) is 176 cm³/mol. The lowest BCUT2D eigenvalue weighted by molar-refractivity contribution is -0.145. The van der Waals surface area contributed by atoms with Gasteiger partial charge in [0.1, 0.15) is 33.8 Å². The lowest BCUT2D eigenvalue weighted by Crippen LogP contribution is -2.49. The molecule has 3 aromatic rings. The fourth-order valence-electron chi connectivity index (χ4n) is 7.25. The minimum Gasteiger partial charge on any atom is -0.496 e. The maximum absolute atomic E-state index is 13.9. The zero-order valence-corrected chi connectivity index (χ0v) is 28.1. The van der Waals surface area contributed by atoms with Crippen LogP contribution < -0.4 is 14.8 Å². The largest absolute Gasteiger partial charge is 0.496 e. The van der Waals surface area contributed by atoms with Gasteiger partial charge in [-0.15, -0.1) is 11.3 Å². The minimum absolute atomic E-state index is 0.0777. The van der Waals surface area contributed by atoms with Crippen molar-refractivity contribution in [3.8, 4) is 22.2 Å². The van der Waals surface area contributed by atoms with Crippen LogP contribution in [0.3, 0.4) is 0 Å². The number of rotatable bonds is 6. The number of amides is 2. The van der Waals surface area contributed by atoms with E-state index in [9.17, 15) is 19.5 Å². The van der Waals surface area contributed by atoms with E-state index in [0.29, 0.717) is 43.0 Å². The van der Waals surface area contributed by atoms with Gasteiger partial charge in [0.15, 0.2) is 0 Å². The zero-order chi connectivity index (χ0) is 32.7. The van der Waals surface area contributed by atoms with Crippen molar-refractivity contribution in [3.63, 3.8) is 0 Å². The molecule has 246 valence electrons. The SMILES string of the molecule is COc1ccc2c(OC3C[C@H]4C(=O)N[C@]5(C(=O)O)C[C@H]5CCCCCCN(C)C(=O)[C@@H]4C3)cc(-c3nc(C(C)C)cs3)nc2c1C. The van der Waals surface area contributed by atoms with Gasteiger partial charge in [-0.3, -0.25) is 9.59 Å². The molecule has 2 amide bonds. The van der Waals surface area contributed by atoms with Crippen LogP contribution in [0, 0.1) is 24.7 Å². The molecule has 10 nitrogen and oxygen atoms in total. The summed E-state index contributed by atoms with van der Waals surface area (Å²) in [4.78, 5) is 51.6. The van der Waals surface area contributed by atoms with Crippen LogP contribution in [0.5, 0.6) is 11.5 Å². The lowest BCUT2D eigenvalue weighted by atomic mass is 9.92. The number of hydrogen-bond donors (Lipinski definition) is 2. The molecule has 3 fully saturated rings. The Bertz CT molecular complexity index is 1660. The smallest absolute Gasteiger partial charge is 0.329 e. The number of pyridine rings is 1. The third-order valence-electron chi connectivity index (χ3n) is 10.2. The van der Waals surface area contributed by atoms with Crippen molar-refractivity contribution in [2.75, 3.05) is 20.7 Å². The van der Waals surface area contributed by atoms with E-state index in [2.05, 4.69) is 19.2 Å². The second kappa shape index (κ2) is 12.8. The molecule has 1 unspecified atom stereocenters. The first-order valence-electron chi connectivity index (χ1n) is 16.4. The summed E-state index contributed by atoms with van der Waals surface area (Å²) in [6.45, 7) is 6.80. The number of carbonyl (C=O) groups is 3. The number of carbonyl (C=O) groups excluding carboxylic acids is 2. The molecular formula is C35H44N4O6S. The number of hydrogen-bond acceptors (Lipinski definition) is 8. The van der Waals surface area contributed by atoms with Crippen molar-refractivity contribution in [2.45, 2.75) is 89.7 Å². The topological polar surface area (TPSA) is 131 Å². The van der Waals surface area contributed by atoms with E-state index in [1.165, 1.54) is 11.3 Å². The number of nitrogens with zero attached hydrogens (tertiary/aromatic N) is 3. The third kappa shape index (κ3) is 6.06. The molecule has 2 saturated carbocycles. The predicted octanol–water partition coefficient (Wildman–Crippen LogP) is 5.95. The number of ether oxygens (including phenoxy) is 2. The number of thiazole rings is 1. The highest BCUT2D eigenvalue weighted by molar-refractivity contribution is 7.13. The molecule has 1 saturated heterocycles. The molecule has 0 bridgehead atoms. The molecule has 0 radical (unpaired) electrons. The van der Waals surface area contributed by atoms with Crippen molar-refractivity contribution in [1.82, 2.24) is 20.2 Å². The first-order valence-corrected chi connectivity index (χ1v) is 17.3. The standard InChI is InChI=1S/C35H44N4O6S/c1-19(2)27-18-46-32(37-27)26-16-29(23-11-12-28(44-5)20(3)30(23)36-26)45-22-14-24-25(15-22)33(41)39(4)13-9-7-6-8-10-21-17-35(21,34(42)43)38-31(24)40/h11-12,16,18-19,21-22,24-25H,6-10,13-15,17H2,1-5H3,(H,38,40)(H,42,43)/t21-,22?,24-,25-,35-/m1/s1. The normalized spacial score (nSPS) is 27.1. The first-order chi connectivity index (χ1) is 22.0. The van der Waals surface area contributed by atoms with Crippen LogP contribution in [-0.4, -0.2) is 70.1 Å². The number of methoxy groups -OCH3 is 1. The summed E-state index contributed by atoms with van der Waals surface area (Å²) < 4.78 is 12.3. The van der Waals surface area contributed by atoms with Crippen LogP contribution in [0.2, 0.25) is 0 Å². The van der Waals surface area contributed by atoms with Crippen molar-refractivity contribution in [2.24, 2.45) is 17.8 Å². The second-order valence-corrected chi connectivity index (χ2v) is 14.4. The fourth-order valence-corrected chi connectivity index (χ4v) is 8.19. The van der Waals surface area contributed by atoms with Crippen LogP contribution in [0.4, 0.5) is 0 Å². The number of nitrogens with one attached hydrogen (secondary N) is 1. The Hall–Kier alpha value is -3.73. The summed E-state index contributed by atoms with van der Waals surface area (Å²) in [5.74, 6) is -1.24. The van der Waals surface area contributed by atoms with E-state index < -0.39 is 29.4 Å². The maximum atomic E-state index is 13.9. The van der Waals surface area contributed by atoms with Crippen LogP contribution in [0.25, 0.3) is 21.6 Å². The number of carboxylic acid groups (broad SMARTS) is 1. The Balaban J connectivity index is 1.34. The van der Waals surface area contributed by atoms with Crippen LogP contribution in [0.1, 0.15) is 82.4 Å². The fraction of sp³-hybridized carbons (Fsp3) is 0.571. The van der Waals surface area contributed by atoms with Crippen molar-refractivity contribution < 1.29 is 29.0 Å². The lowest BCUT2D eigenvalue weighted by Gasteiger charge is -2.26. The van der Waals surface area contributed by atoms with Gasteiger partial charge in [-0.05, 0) is 63.0 Å². The number of fused-ring (bicyclic) bond motifs is 3. The molecule has 2 N–H and O–H groups in total. The Labute approximate surface area is 273 Å².